The van der Waals surface area contributed by atoms with Gasteiger partial charge in [-0.25, -0.2) is 14.8 Å². The van der Waals surface area contributed by atoms with Crippen LogP contribution in [-0.4, -0.2) is 48.8 Å². The van der Waals surface area contributed by atoms with Gasteiger partial charge in [-0.1, -0.05) is 0 Å². The number of rotatable bonds is 3. The molecule has 21 heavy (non-hydrogen) atoms. The van der Waals surface area contributed by atoms with Crippen molar-refractivity contribution in [3.05, 3.63) is 17.5 Å². The molecule has 1 aromatic heterocycles. The number of aromatic nitrogens is 2. The van der Waals surface area contributed by atoms with Crippen molar-refractivity contribution in [3.63, 3.8) is 0 Å². The fourth-order valence-electron chi connectivity index (χ4n) is 1.86. The van der Waals surface area contributed by atoms with E-state index >= 15 is 0 Å². The zero-order valence-corrected chi connectivity index (χ0v) is 11.3. The third-order valence-electron chi connectivity index (χ3n) is 2.83. The van der Waals surface area contributed by atoms with E-state index in [0.717, 1.165) is 6.20 Å². The van der Waals surface area contributed by atoms with Crippen LogP contribution in [0.2, 0.25) is 0 Å². The minimum absolute atomic E-state index is 0.0264. The molecule has 1 fully saturated rings. The lowest BCUT2D eigenvalue weighted by atomic mass is 10.2. The number of carbonyl (C=O) groups excluding carboxylic acids is 1. The predicted molar refractivity (Wildman–Crippen MR) is 66.0 cm³/mol. The summed E-state index contributed by atoms with van der Waals surface area (Å²) in [6.07, 6.45) is -3.90. The van der Waals surface area contributed by atoms with Gasteiger partial charge in [-0.15, -0.1) is 0 Å². The molecule has 0 aliphatic carbocycles. The van der Waals surface area contributed by atoms with Crippen LogP contribution >= 0.6 is 0 Å². The zero-order valence-electron chi connectivity index (χ0n) is 11.3. The predicted octanol–water partition coefficient (Wildman–Crippen LogP) is 1.51. The van der Waals surface area contributed by atoms with Crippen LogP contribution in [0.25, 0.3) is 0 Å². The van der Waals surface area contributed by atoms with Crippen LogP contribution < -0.4 is 4.90 Å². The first-order chi connectivity index (χ1) is 9.93. The highest BCUT2D eigenvalue weighted by Gasteiger charge is 2.39. The Balaban J connectivity index is 2.37. The van der Waals surface area contributed by atoms with Crippen molar-refractivity contribution in [3.8, 4) is 0 Å². The van der Waals surface area contributed by atoms with Crippen LogP contribution in [0.3, 0.4) is 0 Å². The number of carbonyl (C=O) groups is 1. The van der Waals surface area contributed by atoms with E-state index in [2.05, 4.69) is 14.7 Å². The fraction of sp³-hybridized carbons (Fsp3) is 0.583. The molecule has 2 heterocycles. The van der Waals surface area contributed by atoms with Gasteiger partial charge in [0, 0.05) is 19.3 Å². The van der Waals surface area contributed by atoms with Gasteiger partial charge in [0.2, 0.25) is 5.95 Å². The highest BCUT2D eigenvalue weighted by molar-refractivity contribution is 5.90. The Kier molecular flexibility index (Phi) is 4.61. The van der Waals surface area contributed by atoms with Gasteiger partial charge in [-0.2, -0.15) is 13.2 Å². The largest absolute Gasteiger partial charge is 0.462 e. The molecule has 1 aromatic rings. The maximum atomic E-state index is 13.1. The summed E-state index contributed by atoms with van der Waals surface area (Å²) >= 11 is 0. The number of hydrogen-bond acceptors (Lipinski definition) is 6. The maximum absolute atomic E-state index is 13.1. The summed E-state index contributed by atoms with van der Waals surface area (Å²) in [7, 11) is 0. The van der Waals surface area contributed by atoms with E-state index in [4.69, 9.17) is 4.74 Å². The molecular weight excluding hydrogens is 291 g/mol. The molecule has 2 rings (SSSR count). The number of hydrogen-bond donors (Lipinski definition) is 0. The van der Waals surface area contributed by atoms with Gasteiger partial charge < -0.3 is 14.4 Å². The Morgan fingerprint density at radius 2 is 2.10 bits per heavy atom. The van der Waals surface area contributed by atoms with Crippen LogP contribution in [0.5, 0.6) is 0 Å². The van der Waals surface area contributed by atoms with E-state index in [9.17, 15) is 18.0 Å². The number of halogens is 3. The standard InChI is InChI=1S/C12H14F3N3O3/c1-2-21-10(19)8-7-16-11(17-9(8)12(13,14)15)18-3-5-20-6-4-18/h7H,2-6H2,1H3. The van der Waals surface area contributed by atoms with Gasteiger partial charge in [0.15, 0.2) is 5.69 Å². The Morgan fingerprint density at radius 3 is 2.67 bits per heavy atom. The lowest BCUT2D eigenvalue weighted by Crippen LogP contribution is -2.38. The summed E-state index contributed by atoms with van der Waals surface area (Å²) in [6.45, 7) is 3.07. The van der Waals surface area contributed by atoms with Crippen LogP contribution in [0.1, 0.15) is 23.0 Å². The molecule has 0 spiro atoms. The first-order valence-corrected chi connectivity index (χ1v) is 6.37. The normalized spacial score (nSPS) is 15.9. The summed E-state index contributed by atoms with van der Waals surface area (Å²) in [4.78, 5) is 20.5. The first-order valence-electron chi connectivity index (χ1n) is 6.37. The van der Waals surface area contributed by atoms with Crippen LogP contribution in [0.4, 0.5) is 19.1 Å². The Hall–Kier alpha value is -1.90. The van der Waals surface area contributed by atoms with E-state index < -0.39 is 23.4 Å². The SMILES string of the molecule is CCOC(=O)c1cnc(N2CCOCC2)nc1C(F)(F)F. The van der Waals surface area contributed by atoms with Crippen molar-refractivity contribution in [2.45, 2.75) is 13.1 Å². The Bertz CT molecular complexity index is 516. The smallest absolute Gasteiger partial charge is 0.434 e. The lowest BCUT2D eigenvalue weighted by Gasteiger charge is -2.27. The van der Waals surface area contributed by atoms with Crippen molar-refractivity contribution in [2.24, 2.45) is 0 Å². The number of morpholine rings is 1. The van der Waals surface area contributed by atoms with Crippen LogP contribution in [-0.2, 0) is 15.7 Å². The number of anilines is 1. The van der Waals surface area contributed by atoms with Crippen molar-refractivity contribution in [1.29, 1.82) is 0 Å². The number of ether oxygens (including phenoxy) is 2. The van der Waals surface area contributed by atoms with Crippen molar-refractivity contribution in [2.75, 3.05) is 37.8 Å². The molecule has 0 saturated carbocycles. The molecule has 0 unspecified atom stereocenters. The highest BCUT2D eigenvalue weighted by Crippen LogP contribution is 2.31. The molecule has 0 bridgehead atoms. The number of esters is 1. The molecular formula is C12H14F3N3O3. The summed E-state index contributed by atoms with van der Waals surface area (Å²) in [5.74, 6) is -1.16. The van der Waals surface area contributed by atoms with Gasteiger partial charge in [0.25, 0.3) is 0 Å². The van der Waals surface area contributed by atoms with E-state index in [1.807, 2.05) is 0 Å². The van der Waals surface area contributed by atoms with E-state index in [-0.39, 0.29) is 12.6 Å². The third kappa shape index (κ3) is 3.60. The van der Waals surface area contributed by atoms with Crippen molar-refractivity contribution in [1.82, 2.24) is 9.97 Å². The molecule has 0 N–H and O–H groups in total. The molecule has 1 aliphatic heterocycles. The van der Waals surface area contributed by atoms with E-state index in [1.165, 1.54) is 6.92 Å². The van der Waals surface area contributed by atoms with Crippen molar-refractivity contribution >= 4 is 11.9 Å². The molecule has 116 valence electrons. The molecule has 1 aliphatic rings. The molecule has 0 atom stereocenters. The second kappa shape index (κ2) is 6.25. The molecule has 0 aromatic carbocycles. The summed E-state index contributed by atoms with van der Waals surface area (Å²) < 4.78 is 48.9. The molecule has 9 heteroatoms. The van der Waals surface area contributed by atoms with Gasteiger partial charge in [0.1, 0.15) is 5.56 Å². The molecule has 1 saturated heterocycles. The third-order valence-corrected chi connectivity index (χ3v) is 2.83. The average Bonchev–Trinajstić information content (AvgIpc) is 2.47. The number of nitrogens with zero attached hydrogens (tertiary/aromatic N) is 3. The minimum Gasteiger partial charge on any atom is -0.462 e. The van der Waals surface area contributed by atoms with E-state index in [0.29, 0.717) is 26.3 Å². The maximum Gasteiger partial charge on any atom is 0.434 e. The van der Waals surface area contributed by atoms with Gasteiger partial charge in [0.05, 0.1) is 19.8 Å². The van der Waals surface area contributed by atoms with Gasteiger partial charge in [-0.3, -0.25) is 0 Å². The average molecular weight is 305 g/mol. The summed E-state index contributed by atoms with van der Waals surface area (Å²) in [5.41, 5.74) is -1.96. The van der Waals surface area contributed by atoms with Crippen LogP contribution in [0, 0.1) is 0 Å². The fourth-order valence-corrected chi connectivity index (χ4v) is 1.86. The Labute approximate surface area is 118 Å². The second-order valence-corrected chi connectivity index (χ2v) is 4.25. The van der Waals surface area contributed by atoms with Gasteiger partial charge in [-0.05, 0) is 6.92 Å². The topological polar surface area (TPSA) is 64.5 Å². The summed E-state index contributed by atoms with van der Waals surface area (Å²) in [6, 6.07) is 0. The minimum atomic E-state index is -4.76. The molecule has 0 amide bonds. The van der Waals surface area contributed by atoms with Gasteiger partial charge >= 0.3 is 12.1 Å². The monoisotopic (exact) mass is 305 g/mol. The summed E-state index contributed by atoms with van der Waals surface area (Å²) in [5, 5.41) is 0. The first kappa shape index (κ1) is 15.5. The second-order valence-electron chi connectivity index (χ2n) is 4.25. The quantitative estimate of drug-likeness (QED) is 0.789. The highest BCUT2D eigenvalue weighted by atomic mass is 19.4. The molecule has 6 nitrogen and oxygen atoms in total. The Morgan fingerprint density at radius 1 is 1.43 bits per heavy atom. The van der Waals surface area contributed by atoms with E-state index in [1.54, 1.807) is 4.90 Å². The van der Waals surface area contributed by atoms with Crippen molar-refractivity contribution < 1.29 is 27.4 Å². The number of alkyl halides is 3. The molecule has 0 radical (unpaired) electrons. The zero-order chi connectivity index (χ0) is 15.5. The lowest BCUT2D eigenvalue weighted by molar-refractivity contribution is -0.141. The van der Waals surface area contributed by atoms with Crippen LogP contribution in [0.15, 0.2) is 6.20 Å².